The summed E-state index contributed by atoms with van der Waals surface area (Å²) in [6, 6.07) is 19.3. The average molecular weight is 627 g/mol. The highest BCUT2D eigenvalue weighted by molar-refractivity contribution is 7.93. The summed E-state index contributed by atoms with van der Waals surface area (Å²) in [5.74, 6) is 1.54. The number of anilines is 1. The molecule has 4 aromatic rings. The van der Waals surface area contributed by atoms with E-state index < -0.39 is 0 Å². The Morgan fingerprint density at radius 1 is 1.11 bits per heavy atom. The number of amides is 2. The van der Waals surface area contributed by atoms with Crippen LogP contribution < -0.4 is 19.7 Å². The van der Waals surface area contributed by atoms with Gasteiger partial charge in [-0.25, -0.2) is 0 Å². The maximum atomic E-state index is 13.7. The number of ether oxygens (including phenoxy) is 2. The molecule has 1 saturated carbocycles. The number of aryl methyl sites for hydroxylation is 1. The molecule has 2 N–H and O–H groups in total. The zero-order valence-corrected chi connectivity index (χ0v) is 26.4. The number of carbonyl (C=O) groups is 2. The Bertz CT molecular complexity index is 1700. The van der Waals surface area contributed by atoms with Crippen molar-refractivity contribution in [1.82, 2.24) is 15.1 Å². The van der Waals surface area contributed by atoms with Gasteiger partial charge in [-0.3, -0.25) is 14.3 Å². The topological polar surface area (TPSA) is 106 Å². The number of benzene rings is 3. The van der Waals surface area contributed by atoms with Crippen LogP contribution in [0.3, 0.4) is 0 Å². The summed E-state index contributed by atoms with van der Waals surface area (Å²) in [6.45, 7) is 6.31. The van der Waals surface area contributed by atoms with Gasteiger partial charge in [-0.15, -0.1) is 0 Å². The fourth-order valence-corrected chi connectivity index (χ4v) is 5.91. The Balaban J connectivity index is 1.17. The molecule has 0 bridgehead atoms. The second kappa shape index (κ2) is 13.4. The van der Waals surface area contributed by atoms with Crippen LogP contribution in [0.2, 0.25) is 0 Å². The molecule has 9 nitrogen and oxygen atoms in total. The monoisotopic (exact) mass is 626 g/mol. The zero-order valence-electron chi connectivity index (χ0n) is 25.6. The first kappa shape index (κ1) is 30.7. The van der Waals surface area contributed by atoms with E-state index in [1.54, 1.807) is 6.07 Å². The van der Waals surface area contributed by atoms with E-state index in [1.165, 1.54) is 5.56 Å². The number of rotatable bonds is 11. The third-order valence-electron chi connectivity index (χ3n) is 8.68. The molecule has 0 saturated heterocycles. The highest BCUT2D eigenvalue weighted by Gasteiger charge is 2.48. The average Bonchev–Trinajstić information content (AvgIpc) is 3.72. The van der Waals surface area contributed by atoms with E-state index in [0.29, 0.717) is 62.5 Å². The number of hydrogen-bond donors (Lipinski definition) is 2. The van der Waals surface area contributed by atoms with Crippen molar-refractivity contribution in [3.8, 4) is 22.6 Å². The fourth-order valence-electron chi connectivity index (χ4n) is 5.72. The number of para-hydroxylation sites is 1. The van der Waals surface area contributed by atoms with Crippen LogP contribution in [0.15, 0.2) is 73.1 Å². The first-order valence-corrected chi connectivity index (χ1v) is 16.2. The third kappa shape index (κ3) is 7.02. The lowest BCUT2D eigenvalue weighted by molar-refractivity contribution is -0.119. The fraction of sp³-hybridized carbons (Fsp3) is 0.343. The lowest BCUT2D eigenvalue weighted by Gasteiger charge is -2.25. The van der Waals surface area contributed by atoms with E-state index >= 15 is 0 Å². The van der Waals surface area contributed by atoms with Crippen LogP contribution in [0.1, 0.15) is 52.7 Å². The molecule has 3 aromatic carbocycles. The number of nitrogens with one attached hydrogen (secondary N) is 1. The Hall–Kier alpha value is -4.28. The normalized spacial score (nSPS) is 14.8. The summed E-state index contributed by atoms with van der Waals surface area (Å²) in [6.07, 6.45) is 6.87. The Morgan fingerprint density at radius 3 is 2.76 bits per heavy atom. The largest absolute Gasteiger partial charge is 0.493 e. The van der Waals surface area contributed by atoms with Crippen LogP contribution >= 0.6 is 12.0 Å². The van der Waals surface area contributed by atoms with Crippen molar-refractivity contribution < 1.29 is 23.6 Å². The van der Waals surface area contributed by atoms with Gasteiger partial charge < -0.3 is 24.2 Å². The highest BCUT2D eigenvalue weighted by Crippen LogP contribution is 2.52. The van der Waals surface area contributed by atoms with Gasteiger partial charge in [-0.05, 0) is 74.1 Å². The van der Waals surface area contributed by atoms with Crippen LogP contribution in [0.25, 0.3) is 11.1 Å². The minimum absolute atomic E-state index is 0.00151. The van der Waals surface area contributed by atoms with Crippen molar-refractivity contribution in [1.29, 1.82) is 0 Å². The molecule has 0 atom stereocenters. The molecule has 2 heterocycles. The van der Waals surface area contributed by atoms with Crippen LogP contribution in [-0.4, -0.2) is 51.8 Å². The van der Waals surface area contributed by atoms with Gasteiger partial charge in [0, 0.05) is 53.3 Å². The summed E-state index contributed by atoms with van der Waals surface area (Å²) < 4.78 is 23.3. The molecule has 1 aliphatic heterocycles. The number of aromatic nitrogens is 2. The number of fused-ring (bicyclic) bond motifs is 1. The highest BCUT2D eigenvalue weighted by atomic mass is 32.2. The van der Waals surface area contributed by atoms with Crippen LogP contribution in [-0.2, 0) is 11.3 Å². The van der Waals surface area contributed by atoms with Crippen molar-refractivity contribution >= 4 is 29.5 Å². The van der Waals surface area contributed by atoms with E-state index in [9.17, 15) is 9.59 Å². The van der Waals surface area contributed by atoms with Gasteiger partial charge in [0.15, 0.2) is 5.75 Å². The van der Waals surface area contributed by atoms with Crippen LogP contribution in [0.4, 0.5) is 5.69 Å². The minimum atomic E-state index is -0.245. The second-order valence-corrected chi connectivity index (χ2v) is 12.5. The molecule has 6 rings (SSSR count). The molecule has 1 aromatic heterocycles. The van der Waals surface area contributed by atoms with Gasteiger partial charge >= 0.3 is 0 Å². The summed E-state index contributed by atoms with van der Waals surface area (Å²) in [7, 11) is 0. The van der Waals surface area contributed by atoms with Crippen molar-refractivity contribution in [2.45, 2.75) is 46.1 Å². The lowest BCUT2D eigenvalue weighted by atomic mass is 10.1. The maximum absolute atomic E-state index is 13.7. The predicted octanol–water partition coefficient (Wildman–Crippen LogP) is 6.47. The Morgan fingerprint density at radius 2 is 1.93 bits per heavy atom. The number of hydrogen-bond acceptors (Lipinski definition) is 7. The van der Waals surface area contributed by atoms with Gasteiger partial charge in [0.25, 0.3) is 5.91 Å². The predicted molar refractivity (Wildman–Crippen MR) is 176 cm³/mol. The minimum Gasteiger partial charge on any atom is -0.493 e. The van der Waals surface area contributed by atoms with E-state index in [1.807, 2.05) is 70.5 Å². The molecule has 10 heteroatoms. The van der Waals surface area contributed by atoms with Crippen molar-refractivity contribution in [2.24, 2.45) is 5.41 Å². The zero-order chi connectivity index (χ0) is 31.4. The number of nitrogens with zero attached hydrogens (tertiary/aromatic N) is 3. The molecule has 0 radical (unpaired) electrons. The van der Waals surface area contributed by atoms with Crippen LogP contribution in [0, 0.1) is 19.3 Å². The maximum Gasteiger partial charge on any atom is 0.252 e. The van der Waals surface area contributed by atoms with Crippen LogP contribution in [0.5, 0.6) is 11.5 Å². The van der Waals surface area contributed by atoms with Gasteiger partial charge in [-0.2, -0.15) is 5.10 Å². The molecule has 45 heavy (non-hydrogen) atoms. The first-order chi connectivity index (χ1) is 21.9. The molecular formula is C35H38N4O5S. The molecule has 0 unspecified atom stereocenters. The molecule has 2 aliphatic rings. The van der Waals surface area contributed by atoms with Crippen molar-refractivity contribution in [2.75, 3.05) is 30.5 Å². The summed E-state index contributed by atoms with van der Waals surface area (Å²) >= 11 is 0.569. The van der Waals surface area contributed by atoms with Gasteiger partial charge in [0.05, 0.1) is 37.5 Å². The molecule has 2 amide bonds. The smallest absolute Gasteiger partial charge is 0.252 e. The SMILES string of the molecule is Cc1cccc(OCCCC(=O)N2CC3(CC3)COc3c(-c4cnn(Cc5cccc(C(=O)NCSO)c5)c4)cccc32)c1C. The standard InChI is InChI=1S/C35H38N4O5S/c1-24-7-3-12-31(25(24)2)43-16-6-13-32(40)39-21-35(14-15-35)22-44-33-29(10-5-11-30(33)39)28-18-37-38(20-28)19-26-8-4-9-27(17-26)34(41)36-23-45-42/h3-5,7-12,17-18,20,42H,6,13-16,19,21-23H2,1-2H3,(H,36,41). The van der Waals surface area contributed by atoms with E-state index in [0.717, 1.165) is 46.5 Å². The summed E-state index contributed by atoms with van der Waals surface area (Å²) in [5, 5.41) is 7.24. The molecular weight excluding hydrogens is 588 g/mol. The van der Waals surface area contributed by atoms with Gasteiger partial charge in [0.1, 0.15) is 5.75 Å². The molecule has 234 valence electrons. The quantitative estimate of drug-likeness (QED) is 0.112. The molecule has 1 fully saturated rings. The van der Waals surface area contributed by atoms with Gasteiger partial charge in [-0.1, -0.05) is 36.4 Å². The third-order valence-corrected chi connectivity index (χ3v) is 8.96. The summed E-state index contributed by atoms with van der Waals surface area (Å²) in [5.41, 5.74) is 6.33. The van der Waals surface area contributed by atoms with E-state index in [2.05, 4.69) is 30.3 Å². The number of carbonyl (C=O) groups excluding carboxylic acids is 2. The Kier molecular flexibility index (Phi) is 9.14. The van der Waals surface area contributed by atoms with E-state index in [-0.39, 0.29) is 23.1 Å². The molecule has 1 spiro atoms. The second-order valence-electron chi connectivity index (χ2n) is 12.0. The molecule has 1 aliphatic carbocycles. The van der Waals surface area contributed by atoms with Crippen molar-refractivity contribution in [3.63, 3.8) is 0 Å². The lowest BCUT2D eigenvalue weighted by Crippen LogP contribution is -2.36. The van der Waals surface area contributed by atoms with Crippen molar-refractivity contribution in [3.05, 3.63) is 95.3 Å². The summed E-state index contributed by atoms with van der Waals surface area (Å²) in [4.78, 5) is 28.0. The van der Waals surface area contributed by atoms with Gasteiger partial charge in [0.2, 0.25) is 5.91 Å². The first-order valence-electron chi connectivity index (χ1n) is 15.3. The Labute approximate surface area is 267 Å². The van der Waals surface area contributed by atoms with E-state index in [4.69, 9.17) is 14.0 Å².